The molecule has 0 saturated carbocycles. The van der Waals surface area contributed by atoms with Crippen molar-refractivity contribution >= 4 is 11.6 Å². The van der Waals surface area contributed by atoms with Crippen molar-refractivity contribution in [1.29, 1.82) is 0 Å². The number of ether oxygens (including phenoxy) is 2. The highest BCUT2D eigenvalue weighted by molar-refractivity contribution is 5.95. The van der Waals surface area contributed by atoms with Gasteiger partial charge in [-0.05, 0) is 49.2 Å². The fraction of sp³-hybridized carbons (Fsp3) is 0.174. The Labute approximate surface area is 159 Å². The molecule has 27 heavy (non-hydrogen) atoms. The van der Waals surface area contributed by atoms with Crippen molar-refractivity contribution in [2.24, 2.45) is 0 Å². The lowest BCUT2D eigenvalue weighted by atomic mass is 10.1. The smallest absolute Gasteiger partial charge is 0.265 e. The van der Waals surface area contributed by atoms with Crippen LogP contribution in [0.1, 0.15) is 13.8 Å². The van der Waals surface area contributed by atoms with E-state index in [0.29, 0.717) is 23.8 Å². The first kappa shape index (κ1) is 18.5. The molecule has 0 aliphatic heterocycles. The largest absolute Gasteiger partial charge is 0.492 e. The van der Waals surface area contributed by atoms with Gasteiger partial charge in [-0.2, -0.15) is 0 Å². The first-order valence-electron chi connectivity index (χ1n) is 9.02. The van der Waals surface area contributed by atoms with E-state index in [1.807, 2.05) is 73.7 Å². The Bertz CT molecular complexity index is 876. The predicted molar refractivity (Wildman–Crippen MR) is 108 cm³/mol. The zero-order valence-electron chi connectivity index (χ0n) is 15.5. The third-order valence-corrected chi connectivity index (χ3v) is 4.09. The number of benzene rings is 3. The number of carbonyl (C=O) groups is 1. The highest BCUT2D eigenvalue weighted by atomic mass is 16.5. The molecular formula is C23H23NO3. The number of para-hydroxylation sites is 2. The number of amides is 1. The lowest BCUT2D eigenvalue weighted by Gasteiger charge is -2.16. The second-order valence-corrected chi connectivity index (χ2v) is 6.07. The van der Waals surface area contributed by atoms with Crippen molar-refractivity contribution in [3.63, 3.8) is 0 Å². The number of nitrogens with one attached hydrogen (secondary N) is 1. The Morgan fingerprint density at radius 2 is 1.52 bits per heavy atom. The molecule has 1 atom stereocenters. The highest BCUT2D eigenvalue weighted by Gasteiger charge is 2.16. The second-order valence-electron chi connectivity index (χ2n) is 6.07. The van der Waals surface area contributed by atoms with Gasteiger partial charge >= 0.3 is 0 Å². The Balaban J connectivity index is 1.63. The Morgan fingerprint density at radius 3 is 2.22 bits per heavy atom. The summed E-state index contributed by atoms with van der Waals surface area (Å²) in [6.45, 7) is 4.17. The topological polar surface area (TPSA) is 47.6 Å². The molecule has 0 heterocycles. The predicted octanol–water partition coefficient (Wildman–Crippen LogP) is 5.16. The average molecular weight is 361 g/mol. The summed E-state index contributed by atoms with van der Waals surface area (Å²) >= 11 is 0. The van der Waals surface area contributed by atoms with E-state index < -0.39 is 6.10 Å². The van der Waals surface area contributed by atoms with E-state index in [1.54, 1.807) is 6.92 Å². The molecule has 0 spiro atoms. The van der Waals surface area contributed by atoms with Crippen LogP contribution in [0.15, 0.2) is 78.9 Å². The molecule has 4 nitrogen and oxygen atoms in total. The van der Waals surface area contributed by atoms with E-state index in [-0.39, 0.29) is 5.91 Å². The Kier molecular flexibility index (Phi) is 6.10. The van der Waals surface area contributed by atoms with Gasteiger partial charge in [0.15, 0.2) is 6.10 Å². The van der Waals surface area contributed by atoms with Gasteiger partial charge in [0, 0.05) is 0 Å². The Morgan fingerprint density at radius 1 is 0.889 bits per heavy atom. The normalized spacial score (nSPS) is 11.5. The summed E-state index contributed by atoms with van der Waals surface area (Å²) < 4.78 is 11.3. The quantitative estimate of drug-likeness (QED) is 0.632. The van der Waals surface area contributed by atoms with Crippen LogP contribution < -0.4 is 14.8 Å². The lowest BCUT2D eigenvalue weighted by Crippen LogP contribution is -2.30. The molecular weight excluding hydrogens is 338 g/mol. The summed E-state index contributed by atoms with van der Waals surface area (Å²) in [5.74, 6) is 1.07. The van der Waals surface area contributed by atoms with Gasteiger partial charge in [0.25, 0.3) is 5.91 Å². The molecule has 0 unspecified atom stereocenters. The van der Waals surface area contributed by atoms with Crippen LogP contribution in [-0.2, 0) is 4.79 Å². The summed E-state index contributed by atoms with van der Waals surface area (Å²) in [6.07, 6.45) is -0.637. The third kappa shape index (κ3) is 4.88. The van der Waals surface area contributed by atoms with E-state index in [4.69, 9.17) is 9.47 Å². The molecule has 3 aromatic carbocycles. The minimum atomic E-state index is -0.637. The summed E-state index contributed by atoms with van der Waals surface area (Å²) in [5.41, 5.74) is 2.88. The fourth-order valence-electron chi connectivity index (χ4n) is 2.70. The molecule has 0 aliphatic rings. The van der Waals surface area contributed by atoms with Gasteiger partial charge in [0.1, 0.15) is 11.5 Å². The molecule has 0 fully saturated rings. The molecule has 0 radical (unpaired) electrons. The summed E-state index contributed by atoms with van der Waals surface area (Å²) in [5, 5.41) is 2.86. The van der Waals surface area contributed by atoms with E-state index >= 15 is 0 Å². The molecule has 0 aliphatic carbocycles. The first-order chi connectivity index (χ1) is 13.2. The van der Waals surface area contributed by atoms with Crippen LogP contribution in [0, 0.1) is 0 Å². The summed E-state index contributed by atoms with van der Waals surface area (Å²) in [7, 11) is 0. The number of carbonyl (C=O) groups excluding carboxylic acids is 1. The van der Waals surface area contributed by atoms with Crippen LogP contribution in [0.4, 0.5) is 5.69 Å². The van der Waals surface area contributed by atoms with Crippen LogP contribution >= 0.6 is 0 Å². The molecule has 0 saturated heterocycles. The van der Waals surface area contributed by atoms with Gasteiger partial charge in [-0.25, -0.2) is 0 Å². The highest BCUT2D eigenvalue weighted by Crippen LogP contribution is 2.25. The van der Waals surface area contributed by atoms with Crippen molar-refractivity contribution in [3.8, 4) is 22.6 Å². The lowest BCUT2D eigenvalue weighted by molar-refractivity contribution is -0.122. The van der Waals surface area contributed by atoms with Crippen LogP contribution in [-0.4, -0.2) is 18.6 Å². The second kappa shape index (κ2) is 8.90. The first-order valence-corrected chi connectivity index (χ1v) is 9.02. The zero-order chi connectivity index (χ0) is 19.1. The van der Waals surface area contributed by atoms with Crippen LogP contribution in [0.3, 0.4) is 0 Å². The van der Waals surface area contributed by atoms with Crippen molar-refractivity contribution in [3.05, 3.63) is 78.9 Å². The molecule has 1 N–H and O–H groups in total. The SMILES string of the molecule is CCOc1ccccc1NC(=O)[C@H](C)Oc1ccc(-c2ccccc2)cc1. The summed E-state index contributed by atoms with van der Waals surface area (Å²) in [4.78, 5) is 12.5. The van der Waals surface area contributed by atoms with Crippen LogP contribution in [0.2, 0.25) is 0 Å². The number of hydrogen-bond acceptors (Lipinski definition) is 3. The maximum Gasteiger partial charge on any atom is 0.265 e. The van der Waals surface area contributed by atoms with Crippen molar-refractivity contribution in [2.45, 2.75) is 20.0 Å². The van der Waals surface area contributed by atoms with Crippen molar-refractivity contribution < 1.29 is 14.3 Å². The van der Waals surface area contributed by atoms with Crippen molar-refractivity contribution in [1.82, 2.24) is 0 Å². The third-order valence-electron chi connectivity index (χ3n) is 4.09. The van der Waals surface area contributed by atoms with E-state index in [1.165, 1.54) is 0 Å². The number of anilines is 1. The molecule has 138 valence electrons. The van der Waals surface area contributed by atoms with Gasteiger partial charge in [0.05, 0.1) is 12.3 Å². The van der Waals surface area contributed by atoms with Gasteiger partial charge in [-0.1, -0.05) is 54.6 Å². The van der Waals surface area contributed by atoms with Gasteiger partial charge in [0.2, 0.25) is 0 Å². The number of hydrogen-bond donors (Lipinski definition) is 1. The maximum atomic E-state index is 12.5. The van der Waals surface area contributed by atoms with Gasteiger partial charge in [-0.15, -0.1) is 0 Å². The minimum absolute atomic E-state index is 0.228. The molecule has 3 rings (SSSR count). The maximum absolute atomic E-state index is 12.5. The Hall–Kier alpha value is -3.27. The fourth-order valence-corrected chi connectivity index (χ4v) is 2.70. The molecule has 0 aromatic heterocycles. The van der Waals surface area contributed by atoms with Gasteiger partial charge < -0.3 is 14.8 Å². The molecule has 3 aromatic rings. The van der Waals surface area contributed by atoms with Crippen LogP contribution in [0.5, 0.6) is 11.5 Å². The van der Waals surface area contributed by atoms with E-state index in [2.05, 4.69) is 17.4 Å². The molecule has 0 bridgehead atoms. The zero-order valence-corrected chi connectivity index (χ0v) is 15.5. The van der Waals surface area contributed by atoms with E-state index in [9.17, 15) is 4.79 Å². The number of rotatable bonds is 7. The van der Waals surface area contributed by atoms with Crippen LogP contribution in [0.25, 0.3) is 11.1 Å². The van der Waals surface area contributed by atoms with Gasteiger partial charge in [-0.3, -0.25) is 4.79 Å². The van der Waals surface area contributed by atoms with E-state index in [0.717, 1.165) is 11.1 Å². The standard InChI is InChI=1S/C23H23NO3/c1-3-26-22-12-8-7-11-21(22)24-23(25)17(2)27-20-15-13-19(14-16-20)18-9-5-4-6-10-18/h4-17H,3H2,1-2H3,(H,24,25)/t17-/m0/s1. The monoisotopic (exact) mass is 361 g/mol. The summed E-state index contributed by atoms with van der Waals surface area (Å²) in [6, 6.07) is 25.2. The average Bonchev–Trinajstić information content (AvgIpc) is 2.71. The van der Waals surface area contributed by atoms with Crippen molar-refractivity contribution in [2.75, 3.05) is 11.9 Å². The molecule has 4 heteroatoms. The molecule has 1 amide bonds. The minimum Gasteiger partial charge on any atom is -0.492 e.